The van der Waals surface area contributed by atoms with Crippen LogP contribution in [0.25, 0.3) is 11.0 Å². The Morgan fingerprint density at radius 3 is 2.61 bits per heavy atom. The largest absolute Gasteiger partial charge is 0.492 e. The van der Waals surface area contributed by atoms with E-state index in [-0.39, 0.29) is 12.3 Å². The topological polar surface area (TPSA) is 86.1 Å². The monoisotopic (exact) mass is 425 g/mol. The average Bonchev–Trinajstić information content (AvgIpc) is 3.19. The maximum absolute atomic E-state index is 12.8. The van der Waals surface area contributed by atoms with Crippen LogP contribution in [0.5, 0.6) is 11.5 Å². The number of nitrogens with one attached hydrogen (secondary N) is 1. The third-order valence-corrected chi connectivity index (χ3v) is 5.07. The predicted octanol–water partition coefficient (Wildman–Crippen LogP) is 3.64. The van der Waals surface area contributed by atoms with Crippen LogP contribution in [0.2, 0.25) is 0 Å². The van der Waals surface area contributed by atoms with Crippen molar-refractivity contribution in [2.75, 3.05) is 49.7 Å². The van der Waals surface area contributed by atoms with Crippen LogP contribution in [-0.4, -0.2) is 50.6 Å². The Morgan fingerprint density at radius 1 is 1.10 bits per heavy atom. The lowest BCUT2D eigenvalue weighted by atomic mass is 10.1. The molecule has 8 heteroatoms. The summed E-state index contributed by atoms with van der Waals surface area (Å²) in [5.74, 6) is 1.10. The van der Waals surface area contributed by atoms with Crippen LogP contribution in [0.3, 0.4) is 0 Å². The number of aromatic nitrogens is 1. The van der Waals surface area contributed by atoms with Crippen molar-refractivity contribution in [2.24, 2.45) is 0 Å². The molecule has 2 aromatic carbocycles. The minimum atomic E-state index is -0.207. The summed E-state index contributed by atoms with van der Waals surface area (Å²) < 4.78 is 22.5. The molecule has 1 aromatic heterocycles. The van der Waals surface area contributed by atoms with Crippen molar-refractivity contribution < 1.29 is 23.5 Å². The fraction of sp³-hybridized carbons (Fsp3) is 0.391. The van der Waals surface area contributed by atoms with Gasteiger partial charge in [0.1, 0.15) is 17.2 Å². The van der Waals surface area contributed by atoms with E-state index in [4.69, 9.17) is 18.7 Å². The second-order valence-corrected chi connectivity index (χ2v) is 7.13. The van der Waals surface area contributed by atoms with E-state index in [9.17, 15) is 4.79 Å². The molecule has 0 saturated carbocycles. The van der Waals surface area contributed by atoms with Gasteiger partial charge in [-0.2, -0.15) is 0 Å². The summed E-state index contributed by atoms with van der Waals surface area (Å²) >= 11 is 0. The van der Waals surface area contributed by atoms with Gasteiger partial charge in [0, 0.05) is 30.6 Å². The molecule has 164 valence electrons. The molecule has 1 aliphatic heterocycles. The number of nitrogens with zero attached hydrogens (tertiary/aromatic N) is 2. The molecule has 0 aliphatic carbocycles. The zero-order valence-corrected chi connectivity index (χ0v) is 17.8. The van der Waals surface area contributed by atoms with E-state index in [1.165, 1.54) is 0 Å². The minimum absolute atomic E-state index is 0.0950. The average molecular weight is 425 g/mol. The number of rotatable bonds is 8. The van der Waals surface area contributed by atoms with Crippen LogP contribution in [0, 0.1) is 0 Å². The molecule has 0 radical (unpaired) electrons. The van der Waals surface area contributed by atoms with Crippen molar-refractivity contribution >= 4 is 28.3 Å². The molecule has 2 heterocycles. The number of para-hydroxylation sites is 1. The van der Waals surface area contributed by atoms with Gasteiger partial charge in [0.05, 0.1) is 44.2 Å². The van der Waals surface area contributed by atoms with E-state index < -0.39 is 0 Å². The van der Waals surface area contributed by atoms with E-state index in [0.29, 0.717) is 54.9 Å². The Bertz CT molecular complexity index is 1040. The number of carbonyl (C=O) groups is 1. The zero-order valence-electron chi connectivity index (χ0n) is 17.8. The van der Waals surface area contributed by atoms with Gasteiger partial charge in [0.15, 0.2) is 5.58 Å². The van der Waals surface area contributed by atoms with Gasteiger partial charge < -0.3 is 29.0 Å². The molecule has 0 atom stereocenters. The summed E-state index contributed by atoms with van der Waals surface area (Å²) in [6, 6.07) is 11.3. The number of morpholine rings is 1. The Balaban J connectivity index is 1.59. The van der Waals surface area contributed by atoms with Gasteiger partial charge in [-0.1, -0.05) is 17.3 Å². The molecular weight excluding hydrogens is 398 g/mol. The number of carbonyl (C=O) groups excluding carboxylic acids is 1. The zero-order chi connectivity index (χ0) is 21.6. The van der Waals surface area contributed by atoms with Gasteiger partial charge in [-0.05, 0) is 26.0 Å². The van der Waals surface area contributed by atoms with Gasteiger partial charge in [-0.3, -0.25) is 4.79 Å². The molecule has 8 nitrogen and oxygen atoms in total. The third kappa shape index (κ3) is 4.74. The normalized spacial score (nSPS) is 13.9. The summed E-state index contributed by atoms with van der Waals surface area (Å²) in [5.41, 5.74) is 2.77. The van der Waals surface area contributed by atoms with Crippen LogP contribution in [0.4, 0.5) is 11.4 Å². The molecule has 1 fully saturated rings. The second kappa shape index (κ2) is 9.70. The summed E-state index contributed by atoms with van der Waals surface area (Å²) in [6.07, 6.45) is 0.0950. The molecule has 1 aliphatic rings. The number of hydrogen-bond acceptors (Lipinski definition) is 7. The number of anilines is 2. The van der Waals surface area contributed by atoms with Crippen LogP contribution in [0.15, 0.2) is 40.9 Å². The van der Waals surface area contributed by atoms with Crippen molar-refractivity contribution in [1.29, 1.82) is 0 Å². The first-order valence-electron chi connectivity index (χ1n) is 10.6. The van der Waals surface area contributed by atoms with Crippen molar-refractivity contribution in [3.8, 4) is 11.5 Å². The van der Waals surface area contributed by atoms with E-state index in [1.54, 1.807) is 0 Å². The Hall–Kier alpha value is -3.26. The first kappa shape index (κ1) is 21.0. The molecule has 1 N–H and O–H groups in total. The quantitative estimate of drug-likeness (QED) is 0.590. The first-order valence-corrected chi connectivity index (χ1v) is 10.6. The molecular formula is C23H27N3O5. The molecule has 1 saturated heterocycles. The van der Waals surface area contributed by atoms with Crippen LogP contribution in [-0.2, 0) is 16.0 Å². The van der Waals surface area contributed by atoms with Gasteiger partial charge in [-0.25, -0.2) is 0 Å². The highest BCUT2D eigenvalue weighted by Crippen LogP contribution is 2.39. The Labute approximate surface area is 181 Å². The number of ether oxygens (including phenoxy) is 3. The molecule has 1 amide bonds. The lowest BCUT2D eigenvalue weighted by molar-refractivity contribution is -0.115. The van der Waals surface area contributed by atoms with Gasteiger partial charge in [0.25, 0.3) is 0 Å². The maximum atomic E-state index is 12.8. The van der Waals surface area contributed by atoms with Crippen LogP contribution >= 0.6 is 0 Å². The van der Waals surface area contributed by atoms with E-state index >= 15 is 0 Å². The molecule has 0 spiro atoms. The highest BCUT2D eigenvalue weighted by atomic mass is 16.5. The Morgan fingerprint density at radius 2 is 1.84 bits per heavy atom. The number of fused-ring (bicyclic) bond motifs is 1. The SMILES string of the molecule is CCOc1cc(N2CCOCC2)c(OCC)cc1NC(=O)Cc1noc2ccccc12. The minimum Gasteiger partial charge on any atom is -0.492 e. The van der Waals surface area contributed by atoms with Crippen LogP contribution < -0.4 is 19.7 Å². The highest BCUT2D eigenvalue weighted by Gasteiger charge is 2.21. The van der Waals surface area contributed by atoms with Crippen molar-refractivity contribution in [2.45, 2.75) is 20.3 Å². The fourth-order valence-electron chi connectivity index (χ4n) is 3.66. The maximum Gasteiger partial charge on any atom is 0.230 e. The summed E-state index contributed by atoms with van der Waals surface area (Å²) in [5, 5.41) is 7.84. The molecule has 31 heavy (non-hydrogen) atoms. The van der Waals surface area contributed by atoms with E-state index in [0.717, 1.165) is 24.2 Å². The van der Waals surface area contributed by atoms with Gasteiger partial charge in [-0.15, -0.1) is 0 Å². The Kier molecular flexibility index (Phi) is 6.57. The molecule has 0 unspecified atom stereocenters. The smallest absolute Gasteiger partial charge is 0.230 e. The molecule has 0 bridgehead atoms. The molecule has 3 aromatic rings. The lowest BCUT2D eigenvalue weighted by Crippen LogP contribution is -2.36. The highest BCUT2D eigenvalue weighted by molar-refractivity contribution is 5.96. The second-order valence-electron chi connectivity index (χ2n) is 7.13. The standard InChI is InChI=1S/C23H27N3O5/c1-3-29-21-15-19(26-9-11-28-12-10-26)22(30-4-2)13-18(21)24-23(27)14-17-16-7-5-6-8-20(16)31-25-17/h5-8,13,15H,3-4,9-12,14H2,1-2H3,(H,24,27). The predicted molar refractivity (Wildman–Crippen MR) is 118 cm³/mol. The lowest BCUT2D eigenvalue weighted by Gasteiger charge is -2.31. The van der Waals surface area contributed by atoms with Gasteiger partial charge >= 0.3 is 0 Å². The van der Waals surface area contributed by atoms with Crippen molar-refractivity contribution in [3.05, 3.63) is 42.1 Å². The number of amides is 1. The molecule has 4 rings (SSSR count). The summed E-state index contributed by atoms with van der Waals surface area (Å²) in [6.45, 7) is 7.73. The number of hydrogen-bond donors (Lipinski definition) is 1. The van der Waals surface area contributed by atoms with Crippen molar-refractivity contribution in [1.82, 2.24) is 5.16 Å². The van der Waals surface area contributed by atoms with Crippen molar-refractivity contribution in [3.63, 3.8) is 0 Å². The van der Waals surface area contributed by atoms with E-state index in [1.807, 2.05) is 50.2 Å². The number of benzene rings is 2. The summed E-state index contributed by atoms with van der Waals surface area (Å²) in [7, 11) is 0. The fourth-order valence-corrected chi connectivity index (χ4v) is 3.66. The first-order chi connectivity index (χ1) is 15.2. The third-order valence-electron chi connectivity index (χ3n) is 5.07. The van der Waals surface area contributed by atoms with Gasteiger partial charge in [0.2, 0.25) is 5.91 Å². The van der Waals surface area contributed by atoms with E-state index in [2.05, 4.69) is 15.4 Å². The van der Waals surface area contributed by atoms with Crippen LogP contribution in [0.1, 0.15) is 19.5 Å². The summed E-state index contributed by atoms with van der Waals surface area (Å²) in [4.78, 5) is 15.0.